The van der Waals surface area contributed by atoms with Gasteiger partial charge in [0.1, 0.15) is 4.83 Å². The molecule has 1 atom stereocenters. The van der Waals surface area contributed by atoms with Crippen molar-refractivity contribution in [2.24, 2.45) is 5.92 Å². The third-order valence-electron chi connectivity index (χ3n) is 4.56. The number of nitrogens with one attached hydrogen (secondary N) is 1. The molecule has 1 unspecified atom stereocenters. The van der Waals surface area contributed by atoms with Crippen LogP contribution in [-0.4, -0.2) is 9.55 Å². The number of H-pyrrole nitrogens is 1. The van der Waals surface area contributed by atoms with Gasteiger partial charge in [0.15, 0.2) is 4.77 Å². The van der Waals surface area contributed by atoms with Crippen molar-refractivity contribution in [2.45, 2.75) is 58.9 Å². The van der Waals surface area contributed by atoms with Crippen molar-refractivity contribution in [2.75, 3.05) is 0 Å². The van der Waals surface area contributed by atoms with Crippen LogP contribution in [-0.2, 0) is 12.8 Å². The molecule has 21 heavy (non-hydrogen) atoms. The monoisotopic (exact) mass is 322 g/mol. The molecule has 114 valence electrons. The molecular weight excluding hydrogens is 300 g/mol. The summed E-state index contributed by atoms with van der Waals surface area (Å²) in [5.74, 6) is 0.398. The number of fused-ring (bicyclic) bond motifs is 3. The van der Waals surface area contributed by atoms with Crippen LogP contribution in [0.2, 0.25) is 0 Å². The van der Waals surface area contributed by atoms with E-state index in [1.54, 1.807) is 11.3 Å². The van der Waals surface area contributed by atoms with Crippen molar-refractivity contribution in [1.29, 1.82) is 0 Å². The highest BCUT2D eigenvalue weighted by Gasteiger charge is 2.23. The second-order valence-electron chi connectivity index (χ2n) is 6.24. The van der Waals surface area contributed by atoms with Crippen LogP contribution in [0.3, 0.4) is 0 Å². The molecule has 1 N–H and O–H groups in total. The third kappa shape index (κ3) is 2.40. The number of aromatic nitrogens is 2. The largest absolute Gasteiger partial charge is 0.323 e. The van der Waals surface area contributed by atoms with Crippen LogP contribution in [0.4, 0.5) is 0 Å². The topological polar surface area (TPSA) is 37.8 Å². The first kappa shape index (κ1) is 15.0. The van der Waals surface area contributed by atoms with Gasteiger partial charge in [-0.25, -0.2) is 0 Å². The minimum absolute atomic E-state index is 0.119. The Bertz CT molecular complexity index is 782. The standard InChI is InChI=1S/C16H22N2OS2/c1-4-11(9(2)3)18-15(19)13-10-7-5-6-8-12(10)21-14(13)17-16(18)20/h9,11H,4-8H2,1-3H3,(H,17,20). The summed E-state index contributed by atoms with van der Waals surface area (Å²) in [7, 11) is 0. The van der Waals surface area contributed by atoms with Crippen LogP contribution in [0.1, 0.15) is 56.5 Å². The van der Waals surface area contributed by atoms with Crippen LogP contribution in [0, 0.1) is 10.7 Å². The van der Waals surface area contributed by atoms with Crippen molar-refractivity contribution in [3.05, 3.63) is 25.6 Å². The van der Waals surface area contributed by atoms with Gasteiger partial charge in [0.25, 0.3) is 5.56 Å². The molecule has 0 fully saturated rings. The van der Waals surface area contributed by atoms with Gasteiger partial charge >= 0.3 is 0 Å². The molecule has 0 bridgehead atoms. The molecule has 2 aromatic rings. The predicted octanol–water partition coefficient (Wildman–Crippen LogP) is 4.61. The molecule has 5 heteroatoms. The third-order valence-corrected chi connectivity index (χ3v) is 6.07. The zero-order valence-corrected chi connectivity index (χ0v) is 14.5. The Morgan fingerprint density at radius 3 is 2.71 bits per heavy atom. The first-order valence-corrected chi connectivity index (χ1v) is 9.06. The average molecular weight is 322 g/mol. The number of hydrogen-bond donors (Lipinski definition) is 1. The highest BCUT2D eigenvalue weighted by atomic mass is 32.1. The lowest BCUT2D eigenvalue weighted by Gasteiger charge is -2.22. The van der Waals surface area contributed by atoms with E-state index in [0.29, 0.717) is 10.7 Å². The van der Waals surface area contributed by atoms with Gasteiger partial charge in [-0.1, -0.05) is 20.8 Å². The quantitative estimate of drug-likeness (QED) is 0.838. The Kier molecular flexibility index (Phi) is 4.06. The summed E-state index contributed by atoms with van der Waals surface area (Å²) in [5.41, 5.74) is 1.40. The fourth-order valence-electron chi connectivity index (χ4n) is 3.50. The SMILES string of the molecule is CCC(C(C)C)n1c(=S)[nH]c2sc3c(c2c1=O)CCCC3. The Morgan fingerprint density at radius 1 is 1.33 bits per heavy atom. The van der Waals surface area contributed by atoms with E-state index in [4.69, 9.17) is 12.2 Å². The van der Waals surface area contributed by atoms with Crippen molar-refractivity contribution < 1.29 is 0 Å². The van der Waals surface area contributed by atoms with Crippen molar-refractivity contribution >= 4 is 33.8 Å². The summed E-state index contributed by atoms with van der Waals surface area (Å²) < 4.78 is 2.40. The summed E-state index contributed by atoms with van der Waals surface area (Å²) in [5, 5.41) is 0.905. The number of nitrogens with zero attached hydrogens (tertiary/aromatic N) is 1. The van der Waals surface area contributed by atoms with Gasteiger partial charge < -0.3 is 4.98 Å². The first-order valence-electron chi connectivity index (χ1n) is 7.83. The normalized spacial score (nSPS) is 16.4. The predicted molar refractivity (Wildman–Crippen MR) is 92.1 cm³/mol. The van der Waals surface area contributed by atoms with E-state index in [-0.39, 0.29) is 11.6 Å². The van der Waals surface area contributed by atoms with Gasteiger partial charge in [-0.3, -0.25) is 9.36 Å². The summed E-state index contributed by atoms with van der Waals surface area (Å²) >= 11 is 7.21. The highest BCUT2D eigenvalue weighted by molar-refractivity contribution is 7.71. The molecule has 1 aliphatic carbocycles. The number of hydrogen-bond acceptors (Lipinski definition) is 3. The molecular formula is C16H22N2OS2. The van der Waals surface area contributed by atoms with Gasteiger partial charge in [0, 0.05) is 10.9 Å². The molecule has 2 heterocycles. The van der Waals surface area contributed by atoms with Gasteiger partial charge in [-0.2, -0.15) is 0 Å². The van der Waals surface area contributed by atoms with E-state index in [1.165, 1.54) is 23.3 Å². The molecule has 1 aliphatic rings. The fourth-order valence-corrected chi connectivity index (χ4v) is 5.17. The molecule has 0 aliphatic heterocycles. The number of aromatic amines is 1. The van der Waals surface area contributed by atoms with E-state index >= 15 is 0 Å². The molecule has 0 radical (unpaired) electrons. The first-order chi connectivity index (χ1) is 10.0. The number of rotatable bonds is 3. The zero-order valence-electron chi connectivity index (χ0n) is 12.9. The fraction of sp³-hybridized carbons (Fsp3) is 0.625. The van der Waals surface area contributed by atoms with Crippen LogP contribution in [0.5, 0.6) is 0 Å². The van der Waals surface area contributed by atoms with Gasteiger partial charge in [0.2, 0.25) is 0 Å². The summed E-state index contributed by atoms with van der Waals surface area (Å²) in [6.45, 7) is 6.44. The molecule has 2 aromatic heterocycles. The van der Waals surface area contributed by atoms with Crippen molar-refractivity contribution in [3.63, 3.8) is 0 Å². The van der Waals surface area contributed by atoms with E-state index < -0.39 is 0 Å². The van der Waals surface area contributed by atoms with Gasteiger partial charge in [-0.05, 0) is 55.8 Å². The minimum atomic E-state index is 0.119. The molecule has 0 amide bonds. The smallest absolute Gasteiger partial charge is 0.263 e. The van der Waals surface area contributed by atoms with Gasteiger partial charge in [-0.15, -0.1) is 11.3 Å². The van der Waals surface area contributed by atoms with Crippen LogP contribution >= 0.6 is 23.6 Å². The van der Waals surface area contributed by atoms with Crippen LogP contribution < -0.4 is 5.56 Å². The maximum atomic E-state index is 13.1. The highest BCUT2D eigenvalue weighted by Crippen LogP contribution is 2.34. The molecule has 0 spiro atoms. The maximum Gasteiger partial charge on any atom is 0.263 e. The molecule has 0 saturated heterocycles. The summed E-state index contributed by atoms with van der Waals surface area (Å²) in [6, 6.07) is 0.171. The maximum absolute atomic E-state index is 13.1. The second-order valence-corrected chi connectivity index (χ2v) is 7.73. The van der Waals surface area contributed by atoms with Crippen molar-refractivity contribution in [3.8, 4) is 0 Å². The lowest BCUT2D eigenvalue weighted by Crippen LogP contribution is -2.29. The Morgan fingerprint density at radius 2 is 2.05 bits per heavy atom. The lowest BCUT2D eigenvalue weighted by molar-refractivity contribution is 0.352. The van der Waals surface area contributed by atoms with Crippen LogP contribution in [0.15, 0.2) is 4.79 Å². The van der Waals surface area contributed by atoms with Crippen LogP contribution in [0.25, 0.3) is 10.2 Å². The van der Waals surface area contributed by atoms with E-state index in [9.17, 15) is 4.79 Å². The molecule has 0 aromatic carbocycles. The molecule has 0 saturated carbocycles. The Hall–Kier alpha value is -0.940. The van der Waals surface area contributed by atoms with E-state index in [2.05, 4.69) is 25.8 Å². The average Bonchev–Trinajstić information content (AvgIpc) is 2.80. The van der Waals surface area contributed by atoms with Gasteiger partial charge in [0.05, 0.1) is 5.39 Å². The lowest BCUT2D eigenvalue weighted by atomic mass is 9.97. The second kappa shape index (κ2) is 5.69. The summed E-state index contributed by atoms with van der Waals surface area (Å²) in [6.07, 6.45) is 5.49. The minimum Gasteiger partial charge on any atom is -0.323 e. The van der Waals surface area contributed by atoms with Crippen molar-refractivity contribution in [1.82, 2.24) is 9.55 Å². The molecule has 3 nitrogen and oxygen atoms in total. The Balaban J connectivity index is 2.32. The summed E-state index contributed by atoms with van der Waals surface area (Å²) in [4.78, 5) is 18.8. The Labute approximate surface area is 134 Å². The zero-order chi connectivity index (χ0) is 15.1. The van der Waals surface area contributed by atoms with E-state index in [0.717, 1.165) is 29.5 Å². The van der Waals surface area contributed by atoms with E-state index in [1.807, 2.05) is 4.57 Å². The number of aryl methyl sites for hydroxylation is 2. The molecule has 3 rings (SSSR count). The number of thiophene rings is 1.